The number of halogens is 2. The molecule has 0 unspecified atom stereocenters. The van der Waals surface area contributed by atoms with Crippen LogP contribution >= 0.6 is 11.3 Å². The molecular formula is C29H29F2N5O3S2. The van der Waals surface area contributed by atoms with Crippen LogP contribution in [0.25, 0.3) is 10.2 Å². The molecule has 3 aromatic carbocycles. The molecule has 0 radical (unpaired) electrons. The van der Waals surface area contributed by atoms with E-state index in [1.807, 2.05) is 24.3 Å². The van der Waals surface area contributed by atoms with Crippen molar-refractivity contribution in [3.63, 3.8) is 0 Å². The van der Waals surface area contributed by atoms with Gasteiger partial charge < -0.3 is 10.2 Å². The minimum absolute atomic E-state index is 0.157. The van der Waals surface area contributed by atoms with E-state index in [-0.39, 0.29) is 16.3 Å². The number of rotatable bonds is 7. The molecule has 6 rings (SSSR count). The predicted octanol–water partition coefficient (Wildman–Crippen LogP) is 4.27. The van der Waals surface area contributed by atoms with Gasteiger partial charge in [0.05, 0.1) is 15.3 Å². The molecule has 41 heavy (non-hydrogen) atoms. The molecule has 2 aliphatic rings. The van der Waals surface area contributed by atoms with Crippen LogP contribution in [0.1, 0.15) is 22.3 Å². The van der Waals surface area contributed by atoms with Crippen molar-refractivity contribution in [1.29, 1.82) is 0 Å². The summed E-state index contributed by atoms with van der Waals surface area (Å²) in [6.07, 6.45) is 1.61. The minimum Gasteiger partial charge on any atom is -0.351 e. The third kappa shape index (κ3) is 5.64. The number of amides is 1. The molecule has 8 nitrogen and oxygen atoms in total. The summed E-state index contributed by atoms with van der Waals surface area (Å²) >= 11 is 1.28. The minimum atomic E-state index is -3.73. The van der Waals surface area contributed by atoms with Crippen LogP contribution in [0.5, 0.6) is 0 Å². The highest BCUT2D eigenvalue weighted by Gasteiger charge is 2.29. The maximum absolute atomic E-state index is 14.0. The van der Waals surface area contributed by atoms with Crippen molar-refractivity contribution in [3.8, 4) is 0 Å². The molecule has 2 aliphatic heterocycles. The van der Waals surface area contributed by atoms with Gasteiger partial charge in [-0.1, -0.05) is 29.5 Å². The van der Waals surface area contributed by atoms with E-state index in [1.165, 1.54) is 33.8 Å². The van der Waals surface area contributed by atoms with Crippen molar-refractivity contribution in [2.75, 3.05) is 55.0 Å². The van der Waals surface area contributed by atoms with Gasteiger partial charge in [-0.15, -0.1) is 0 Å². The van der Waals surface area contributed by atoms with Crippen molar-refractivity contribution < 1.29 is 22.0 Å². The summed E-state index contributed by atoms with van der Waals surface area (Å²) in [5.74, 6) is -1.53. The number of thiazole rings is 1. The van der Waals surface area contributed by atoms with Crippen LogP contribution in [0, 0.1) is 11.6 Å². The number of benzene rings is 3. The van der Waals surface area contributed by atoms with Crippen molar-refractivity contribution in [3.05, 3.63) is 83.4 Å². The Bertz CT molecular complexity index is 1690. The van der Waals surface area contributed by atoms with Gasteiger partial charge >= 0.3 is 0 Å². The number of piperazine rings is 1. The number of hydrogen-bond acceptors (Lipinski definition) is 7. The van der Waals surface area contributed by atoms with E-state index in [2.05, 4.69) is 20.1 Å². The largest absolute Gasteiger partial charge is 0.351 e. The molecule has 1 amide bonds. The summed E-state index contributed by atoms with van der Waals surface area (Å²) in [6.45, 7) is 4.39. The van der Waals surface area contributed by atoms with Crippen LogP contribution in [-0.2, 0) is 16.4 Å². The number of fused-ring (bicyclic) bond motifs is 2. The van der Waals surface area contributed by atoms with Gasteiger partial charge in [-0.05, 0) is 54.8 Å². The number of aryl methyl sites for hydroxylation is 1. The molecule has 3 heterocycles. The molecule has 0 atom stereocenters. The molecular weight excluding hydrogens is 568 g/mol. The Hall–Kier alpha value is -3.61. The van der Waals surface area contributed by atoms with Gasteiger partial charge in [0.25, 0.3) is 15.9 Å². The van der Waals surface area contributed by atoms with Gasteiger partial charge in [-0.3, -0.25) is 14.0 Å². The standard InChI is InChI=1S/C29H29F2N5O3S2/c30-22-18-24(31)27-26(19-22)40-29(33-27)35-16-14-34(15-17-35)13-11-32-28(37)21-7-9-23(10-8-21)41(38,39)36-12-3-5-20-4-1-2-6-25(20)36/h1-2,4,6-10,18-19H,3,5,11-17H2,(H,32,37). The zero-order valence-corrected chi connectivity index (χ0v) is 23.9. The Labute approximate surface area is 241 Å². The van der Waals surface area contributed by atoms with Gasteiger partial charge in [0.15, 0.2) is 10.9 Å². The van der Waals surface area contributed by atoms with Crippen LogP contribution in [0.2, 0.25) is 0 Å². The number of carbonyl (C=O) groups excluding carboxylic acids is 1. The number of anilines is 2. The number of para-hydroxylation sites is 1. The topological polar surface area (TPSA) is 85.9 Å². The second kappa shape index (κ2) is 11.3. The molecule has 0 aliphatic carbocycles. The van der Waals surface area contributed by atoms with Crippen molar-refractivity contribution in [1.82, 2.24) is 15.2 Å². The summed E-state index contributed by atoms with van der Waals surface area (Å²) in [6, 6.07) is 15.8. The van der Waals surface area contributed by atoms with E-state index >= 15 is 0 Å². The summed E-state index contributed by atoms with van der Waals surface area (Å²) in [5, 5.41) is 3.58. The Balaban J connectivity index is 1.00. The monoisotopic (exact) mass is 597 g/mol. The lowest BCUT2D eigenvalue weighted by molar-refractivity contribution is 0.0947. The first-order chi connectivity index (χ1) is 19.8. The number of nitrogens with one attached hydrogen (secondary N) is 1. The van der Waals surface area contributed by atoms with Crippen LogP contribution in [0.4, 0.5) is 19.6 Å². The summed E-state index contributed by atoms with van der Waals surface area (Å²) in [5.41, 5.74) is 2.32. The Kier molecular flexibility index (Phi) is 7.62. The fourth-order valence-corrected chi connectivity index (χ4v) is 7.93. The molecule has 0 saturated carbocycles. The summed E-state index contributed by atoms with van der Waals surface area (Å²) in [4.78, 5) is 21.5. The molecule has 1 fully saturated rings. The number of hydrogen-bond donors (Lipinski definition) is 1. The Morgan fingerprint density at radius 2 is 1.73 bits per heavy atom. The van der Waals surface area contributed by atoms with Crippen LogP contribution in [0.15, 0.2) is 65.6 Å². The molecule has 1 saturated heterocycles. The first-order valence-electron chi connectivity index (χ1n) is 13.5. The molecule has 12 heteroatoms. The molecule has 0 bridgehead atoms. The SMILES string of the molecule is O=C(NCCN1CCN(c2nc3c(F)cc(F)cc3s2)CC1)c1ccc(S(=O)(=O)N2CCCc3ccccc32)cc1. The van der Waals surface area contributed by atoms with Gasteiger partial charge in [0.2, 0.25) is 0 Å². The van der Waals surface area contributed by atoms with Gasteiger partial charge in [0.1, 0.15) is 11.3 Å². The van der Waals surface area contributed by atoms with Gasteiger partial charge in [-0.2, -0.15) is 0 Å². The lowest BCUT2D eigenvalue weighted by Crippen LogP contribution is -2.48. The molecule has 1 N–H and O–H groups in total. The summed E-state index contributed by atoms with van der Waals surface area (Å²) < 4.78 is 56.2. The second-order valence-electron chi connectivity index (χ2n) is 10.1. The number of sulfonamides is 1. The number of nitrogens with zero attached hydrogens (tertiary/aromatic N) is 4. The van der Waals surface area contributed by atoms with Gasteiger partial charge in [-0.25, -0.2) is 22.2 Å². The molecule has 214 valence electrons. The first kappa shape index (κ1) is 27.6. The fraction of sp³-hybridized carbons (Fsp3) is 0.310. The number of aromatic nitrogens is 1. The second-order valence-corrected chi connectivity index (χ2v) is 13.0. The molecule has 0 spiro atoms. The Morgan fingerprint density at radius 3 is 2.51 bits per heavy atom. The third-order valence-electron chi connectivity index (χ3n) is 7.53. The van der Waals surface area contributed by atoms with E-state index in [9.17, 15) is 22.0 Å². The number of carbonyl (C=O) groups is 1. The lowest BCUT2D eigenvalue weighted by atomic mass is 10.0. The summed E-state index contributed by atoms with van der Waals surface area (Å²) in [7, 11) is -3.73. The fourth-order valence-electron chi connectivity index (χ4n) is 5.33. The Morgan fingerprint density at radius 1 is 0.976 bits per heavy atom. The zero-order valence-electron chi connectivity index (χ0n) is 22.2. The lowest BCUT2D eigenvalue weighted by Gasteiger charge is -2.34. The van der Waals surface area contributed by atoms with Crippen molar-refractivity contribution >= 4 is 48.3 Å². The van der Waals surface area contributed by atoms with Crippen molar-refractivity contribution in [2.24, 2.45) is 0 Å². The first-order valence-corrected chi connectivity index (χ1v) is 15.8. The highest BCUT2D eigenvalue weighted by Crippen LogP contribution is 2.33. The van der Waals surface area contributed by atoms with Crippen LogP contribution < -0.4 is 14.5 Å². The van der Waals surface area contributed by atoms with E-state index in [0.29, 0.717) is 53.8 Å². The van der Waals surface area contributed by atoms with Crippen LogP contribution in [0.3, 0.4) is 0 Å². The third-order valence-corrected chi connectivity index (χ3v) is 10.4. The molecule has 1 aromatic heterocycles. The zero-order chi connectivity index (χ0) is 28.6. The normalized spacial score (nSPS) is 16.1. The van der Waals surface area contributed by atoms with E-state index in [4.69, 9.17) is 0 Å². The highest BCUT2D eigenvalue weighted by atomic mass is 32.2. The molecule has 4 aromatic rings. The van der Waals surface area contributed by atoms with E-state index < -0.39 is 21.7 Å². The quantitative estimate of drug-likeness (QED) is 0.343. The highest BCUT2D eigenvalue weighted by molar-refractivity contribution is 7.92. The van der Waals surface area contributed by atoms with Gasteiger partial charge in [0, 0.05) is 57.4 Å². The maximum Gasteiger partial charge on any atom is 0.264 e. The average molecular weight is 598 g/mol. The maximum atomic E-state index is 14.0. The van der Waals surface area contributed by atoms with E-state index in [1.54, 1.807) is 12.1 Å². The van der Waals surface area contributed by atoms with Crippen molar-refractivity contribution in [2.45, 2.75) is 17.7 Å². The smallest absolute Gasteiger partial charge is 0.264 e. The van der Waals surface area contributed by atoms with Crippen LogP contribution in [-0.4, -0.2) is 70.0 Å². The average Bonchev–Trinajstić information content (AvgIpc) is 3.42. The van der Waals surface area contributed by atoms with E-state index in [0.717, 1.165) is 37.6 Å². The predicted molar refractivity (Wildman–Crippen MR) is 156 cm³/mol.